The molecule has 5 heteroatoms. The minimum atomic E-state index is -0.700. The van der Waals surface area contributed by atoms with Gasteiger partial charge in [-0.25, -0.2) is 4.79 Å². The summed E-state index contributed by atoms with van der Waals surface area (Å²) in [5.74, 6) is 0. The van der Waals surface area contributed by atoms with Crippen molar-refractivity contribution in [3.63, 3.8) is 0 Å². The monoisotopic (exact) mass is 277 g/mol. The minimum absolute atomic E-state index is 0.209. The normalized spacial score (nSPS) is 21.4. The van der Waals surface area contributed by atoms with E-state index in [1.165, 1.54) is 5.56 Å². The van der Waals surface area contributed by atoms with Crippen LogP contribution in [0.3, 0.4) is 0 Å². The van der Waals surface area contributed by atoms with Crippen LogP contribution in [0.2, 0.25) is 0 Å². The largest absolute Gasteiger partial charge is 0.430 e. The number of carbonyl (C=O) groups is 1. The van der Waals surface area contributed by atoms with Crippen LogP contribution < -0.4 is 11.1 Å². The van der Waals surface area contributed by atoms with E-state index in [2.05, 4.69) is 29.3 Å². The summed E-state index contributed by atoms with van der Waals surface area (Å²) < 4.78 is 5.32. The van der Waals surface area contributed by atoms with E-state index in [0.29, 0.717) is 0 Å². The Bertz CT molecular complexity index is 424. The number of primary amides is 1. The number of carbonyl (C=O) groups excluding carboxylic acids is 1. The molecule has 1 aromatic carbocycles. The molecule has 2 atom stereocenters. The molecular weight excluding hydrogens is 254 g/mol. The summed E-state index contributed by atoms with van der Waals surface area (Å²) >= 11 is 0. The van der Waals surface area contributed by atoms with E-state index in [1.54, 1.807) is 0 Å². The molecule has 0 spiro atoms. The number of benzene rings is 1. The Hall–Kier alpha value is -1.59. The summed E-state index contributed by atoms with van der Waals surface area (Å²) in [5.41, 5.74) is 6.44. The second-order valence-corrected chi connectivity index (χ2v) is 5.05. The Balaban J connectivity index is 2.18. The number of nitrogens with two attached hydrogens (primary N) is 1. The fourth-order valence-electron chi connectivity index (χ4n) is 2.72. The maximum atomic E-state index is 11.1. The summed E-state index contributed by atoms with van der Waals surface area (Å²) in [5, 5.41) is 3.40. The van der Waals surface area contributed by atoms with Crippen molar-refractivity contribution in [2.45, 2.75) is 32.0 Å². The molecule has 20 heavy (non-hydrogen) atoms. The predicted molar refractivity (Wildman–Crippen MR) is 78.1 cm³/mol. The Kier molecular flexibility index (Phi) is 5.38. The van der Waals surface area contributed by atoms with Crippen molar-refractivity contribution >= 4 is 6.09 Å². The van der Waals surface area contributed by atoms with E-state index in [9.17, 15) is 4.79 Å². The number of hydrogen-bond donors (Lipinski definition) is 2. The minimum Gasteiger partial charge on any atom is -0.430 e. The molecule has 3 N–H and O–H groups in total. The van der Waals surface area contributed by atoms with E-state index < -0.39 is 6.09 Å². The van der Waals surface area contributed by atoms with Crippen LogP contribution >= 0.6 is 0 Å². The highest BCUT2D eigenvalue weighted by molar-refractivity contribution is 5.64. The number of nitrogens with zero attached hydrogens (tertiary/aromatic N) is 1. The first-order valence-electron chi connectivity index (χ1n) is 7.20. The van der Waals surface area contributed by atoms with Gasteiger partial charge in [-0.15, -0.1) is 0 Å². The lowest BCUT2D eigenvalue weighted by atomic mass is 10.0. The predicted octanol–water partition coefficient (Wildman–Crippen LogP) is 1.85. The molecule has 1 aliphatic heterocycles. The third kappa shape index (κ3) is 3.71. The molecule has 2 rings (SSSR count). The van der Waals surface area contributed by atoms with Crippen molar-refractivity contribution in [3.8, 4) is 0 Å². The molecule has 1 saturated heterocycles. The van der Waals surface area contributed by atoms with Crippen LogP contribution in [0.5, 0.6) is 0 Å². The Labute approximate surface area is 120 Å². The van der Waals surface area contributed by atoms with Crippen molar-refractivity contribution in [2.75, 3.05) is 19.6 Å². The number of hydrogen-bond acceptors (Lipinski definition) is 4. The number of piperazine rings is 1. The molecular formula is C15H23N3O2. The molecule has 1 amide bonds. The van der Waals surface area contributed by atoms with Gasteiger partial charge in [-0.1, -0.05) is 43.7 Å². The average molecular weight is 277 g/mol. The van der Waals surface area contributed by atoms with Crippen LogP contribution in [0.25, 0.3) is 0 Å². The van der Waals surface area contributed by atoms with Gasteiger partial charge >= 0.3 is 6.09 Å². The SMILES string of the molecule is CCCC(OC(N)=O)N1CCNCC1c1ccccc1. The van der Waals surface area contributed by atoms with Crippen LogP contribution in [-0.4, -0.2) is 36.9 Å². The zero-order valence-electron chi connectivity index (χ0n) is 11.9. The second kappa shape index (κ2) is 7.26. The molecule has 1 aliphatic rings. The van der Waals surface area contributed by atoms with Crippen LogP contribution in [0.15, 0.2) is 30.3 Å². The Morgan fingerprint density at radius 2 is 2.25 bits per heavy atom. The summed E-state index contributed by atoms with van der Waals surface area (Å²) in [6.07, 6.45) is 0.800. The molecule has 0 radical (unpaired) electrons. The maximum absolute atomic E-state index is 11.1. The maximum Gasteiger partial charge on any atom is 0.406 e. The van der Waals surface area contributed by atoms with Gasteiger partial charge in [0.05, 0.1) is 6.04 Å². The molecule has 2 unspecified atom stereocenters. The fraction of sp³-hybridized carbons (Fsp3) is 0.533. The molecule has 0 bridgehead atoms. The number of nitrogens with one attached hydrogen (secondary N) is 1. The van der Waals surface area contributed by atoms with Crippen molar-refractivity contribution < 1.29 is 9.53 Å². The Morgan fingerprint density at radius 3 is 2.90 bits per heavy atom. The summed E-state index contributed by atoms with van der Waals surface area (Å²) in [4.78, 5) is 13.4. The third-order valence-corrected chi connectivity index (χ3v) is 3.63. The molecule has 1 fully saturated rings. The smallest absolute Gasteiger partial charge is 0.406 e. The first kappa shape index (κ1) is 14.8. The number of ether oxygens (including phenoxy) is 1. The molecule has 0 saturated carbocycles. The summed E-state index contributed by atoms with van der Waals surface area (Å²) in [6, 6.07) is 10.5. The first-order valence-corrected chi connectivity index (χ1v) is 7.20. The lowest BCUT2D eigenvalue weighted by Gasteiger charge is -2.40. The van der Waals surface area contributed by atoms with Crippen molar-refractivity contribution in [1.82, 2.24) is 10.2 Å². The van der Waals surface area contributed by atoms with E-state index >= 15 is 0 Å². The summed E-state index contributed by atoms with van der Waals surface area (Å²) in [7, 11) is 0. The van der Waals surface area contributed by atoms with E-state index in [4.69, 9.17) is 10.5 Å². The van der Waals surface area contributed by atoms with Gasteiger partial charge in [-0.2, -0.15) is 0 Å². The summed E-state index contributed by atoms with van der Waals surface area (Å²) in [6.45, 7) is 4.67. The molecule has 5 nitrogen and oxygen atoms in total. The lowest BCUT2D eigenvalue weighted by Crippen LogP contribution is -2.52. The standard InChI is InChI=1S/C15H23N3O2/c1-2-6-14(20-15(16)19)18-10-9-17-11-13(18)12-7-4-3-5-8-12/h3-5,7-8,13-14,17H,2,6,9-11H2,1H3,(H2,16,19). The zero-order chi connectivity index (χ0) is 14.4. The van der Waals surface area contributed by atoms with Gasteiger partial charge in [0.1, 0.15) is 0 Å². The van der Waals surface area contributed by atoms with E-state index in [0.717, 1.165) is 32.5 Å². The Morgan fingerprint density at radius 1 is 1.50 bits per heavy atom. The van der Waals surface area contributed by atoms with Crippen LogP contribution in [0.1, 0.15) is 31.4 Å². The molecule has 1 heterocycles. The van der Waals surface area contributed by atoms with Gasteiger partial charge in [-0.3, -0.25) is 4.90 Å². The third-order valence-electron chi connectivity index (χ3n) is 3.63. The lowest BCUT2D eigenvalue weighted by molar-refractivity contribution is -0.0482. The molecule has 110 valence electrons. The second-order valence-electron chi connectivity index (χ2n) is 5.05. The average Bonchev–Trinajstić information content (AvgIpc) is 2.47. The van der Waals surface area contributed by atoms with Crippen LogP contribution in [-0.2, 0) is 4.74 Å². The topological polar surface area (TPSA) is 67.6 Å². The van der Waals surface area contributed by atoms with Gasteiger partial charge in [0.2, 0.25) is 0 Å². The quantitative estimate of drug-likeness (QED) is 0.862. The highest BCUT2D eigenvalue weighted by atomic mass is 16.6. The van der Waals surface area contributed by atoms with Gasteiger partial charge in [0.15, 0.2) is 6.23 Å². The van der Waals surface area contributed by atoms with Gasteiger partial charge in [-0.05, 0) is 12.0 Å². The highest BCUT2D eigenvalue weighted by Gasteiger charge is 2.31. The van der Waals surface area contributed by atoms with Gasteiger partial charge in [0.25, 0.3) is 0 Å². The van der Waals surface area contributed by atoms with Crippen molar-refractivity contribution in [2.24, 2.45) is 5.73 Å². The number of amides is 1. The van der Waals surface area contributed by atoms with Crippen molar-refractivity contribution in [1.29, 1.82) is 0 Å². The highest BCUT2D eigenvalue weighted by Crippen LogP contribution is 2.26. The van der Waals surface area contributed by atoms with Gasteiger partial charge < -0.3 is 15.8 Å². The first-order chi connectivity index (χ1) is 9.72. The van der Waals surface area contributed by atoms with Crippen LogP contribution in [0, 0.1) is 0 Å². The van der Waals surface area contributed by atoms with Crippen molar-refractivity contribution in [3.05, 3.63) is 35.9 Å². The van der Waals surface area contributed by atoms with Gasteiger partial charge in [0, 0.05) is 19.6 Å². The molecule has 0 aliphatic carbocycles. The van der Waals surface area contributed by atoms with E-state index in [1.807, 2.05) is 18.2 Å². The fourth-order valence-corrected chi connectivity index (χ4v) is 2.72. The van der Waals surface area contributed by atoms with E-state index in [-0.39, 0.29) is 12.3 Å². The zero-order valence-corrected chi connectivity index (χ0v) is 11.9. The molecule has 1 aromatic rings. The number of rotatable bonds is 5. The van der Waals surface area contributed by atoms with Crippen LogP contribution in [0.4, 0.5) is 4.79 Å². The molecule has 0 aromatic heterocycles.